The van der Waals surface area contributed by atoms with Crippen LogP contribution in [0.1, 0.15) is 25.2 Å². The molecule has 90 valence electrons. The number of hydrogen-bond acceptors (Lipinski definition) is 2. The fourth-order valence-electron chi connectivity index (χ4n) is 2.13. The highest BCUT2D eigenvalue weighted by Crippen LogP contribution is 2.28. The summed E-state index contributed by atoms with van der Waals surface area (Å²) in [6, 6.07) is 8.32. The second-order valence-electron chi connectivity index (χ2n) is 4.19. The summed E-state index contributed by atoms with van der Waals surface area (Å²) in [5.41, 5.74) is 9.50. The summed E-state index contributed by atoms with van der Waals surface area (Å²) >= 11 is 0. The minimum atomic E-state index is 0.753. The fourth-order valence-corrected chi connectivity index (χ4v) is 2.13. The maximum Gasteiger partial charge on any atom is 0.131 e. The van der Waals surface area contributed by atoms with Crippen LogP contribution in [-0.4, -0.2) is 9.55 Å². The van der Waals surface area contributed by atoms with Gasteiger partial charge in [0.2, 0.25) is 0 Å². The first kappa shape index (κ1) is 11.7. The zero-order valence-electron chi connectivity index (χ0n) is 10.7. The van der Waals surface area contributed by atoms with Gasteiger partial charge >= 0.3 is 0 Å². The Bertz CT molecular complexity index is 526. The van der Waals surface area contributed by atoms with Gasteiger partial charge in [-0.3, -0.25) is 0 Å². The standard InChI is InChI=1S/C14H19N3/c1-4-10-8-6-7-9-11(10)13-14(15)17(3)12(5-2)16-13/h6-9H,4-5,15H2,1-3H3. The lowest BCUT2D eigenvalue weighted by atomic mass is 10.0. The van der Waals surface area contributed by atoms with E-state index in [-0.39, 0.29) is 0 Å². The fraction of sp³-hybridized carbons (Fsp3) is 0.357. The zero-order valence-corrected chi connectivity index (χ0v) is 10.7. The van der Waals surface area contributed by atoms with E-state index < -0.39 is 0 Å². The first-order valence-electron chi connectivity index (χ1n) is 6.08. The summed E-state index contributed by atoms with van der Waals surface area (Å²) in [5, 5.41) is 0. The molecule has 2 N–H and O–H groups in total. The van der Waals surface area contributed by atoms with Crippen LogP contribution in [-0.2, 0) is 19.9 Å². The SMILES string of the molecule is CCc1ccccc1-c1nc(CC)n(C)c1N. The van der Waals surface area contributed by atoms with Crippen LogP contribution in [0.4, 0.5) is 5.82 Å². The Labute approximate surface area is 102 Å². The van der Waals surface area contributed by atoms with Crippen LogP contribution in [0.25, 0.3) is 11.3 Å². The van der Waals surface area contributed by atoms with Crippen molar-refractivity contribution in [3.05, 3.63) is 35.7 Å². The number of benzene rings is 1. The van der Waals surface area contributed by atoms with Gasteiger partial charge in [-0.15, -0.1) is 0 Å². The van der Waals surface area contributed by atoms with Crippen LogP contribution in [0, 0.1) is 0 Å². The van der Waals surface area contributed by atoms with Crippen LogP contribution in [0.15, 0.2) is 24.3 Å². The molecule has 2 aromatic rings. The molecule has 17 heavy (non-hydrogen) atoms. The molecule has 0 saturated carbocycles. The molecule has 0 aliphatic rings. The van der Waals surface area contributed by atoms with Crippen molar-refractivity contribution < 1.29 is 0 Å². The van der Waals surface area contributed by atoms with E-state index in [1.807, 2.05) is 17.7 Å². The van der Waals surface area contributed by atoms with Crippen molar-refractivity contribution in [1.82, 2.24) is 9.55 Å². The molecule has 0 unspecified atom stereocenters. The van der Waals surface area contributed by atoms with Crippen molar-refractivity contribution in [1.29, 1.82) is 0 Å². The van der Waals surface area contributed by atoms with Crippen LogP contribution in [0.3, 0.4) is 0 Å². The van der Waals surface area contributed by atoms with E-state index in [1.54, 1.807) is 0 Å². The van der Waals surface area contributed by atoms with E-state index in [1.165, 1.54) is 5.56 Å². The summed E-state index contributed by atoms with van der Waals surface area (Å²) in [4.78, 5) is 4.64. The summed E-state index contributed by atoms with van der Waals surface area (Å²) in [6.07, 6.45) is 1.89. The summed E-state index contributed by atoms with van der Waals surface area (Å²) in [6.45, 7) is 4.25. The van der Waals surface area contributed by atoms with E-state index in [9.17, 15) is 0 Å². The third-order valence-corrected chi connectivity index (χ3v) is 3.20. The van der Waals surface area contributed by atoms with E-state index in [0.717, 1.165) is 35.7 Å². The van der Waals surface area contributed by atoms with Crippen LogP contribution < -0.4 is 5.73 Å². The normalized spacial score (nSPS) is 10.8. The number of nitrogens with two attached hydrogens (primary N) is 1. The Hall–Kier alpha value is -1.77. The average Bonchev–Trinajstić information content (AvgIpc) is 2.66. The van der Waals surface area contributed by atoms with Crippen molar-refractivity contribution in [3.8, 4) is 11.3 Å². The molecule has 0 radical (unpaired) electrons. The van der Waals surface area contributed by atoms with Gasteiger partial charge in [0.05, 0.1) is 0 Å². The van der Waals surface area contributed by atoms with Crippen LogP contribution in [0.5, 0.6) is 0 Å². The molecule has 0 aliphatic carbocycles. The van der Waals surface area contributed by atoms with Gasteiger partial charge < -0.3 is 10.3 Å². The van der Waals surface area contributed by atoms with Crippen molar-refractivity contribution in [2.75, 3.05) is 5.73 Å². The molecule has 1 aromatic carbocycles. The Kier molecular flexibility index (Phi) is 3.18. The van der Waals surface area contributed by atoms with E-state index in [4.69, 9.17) is 5.73 Å². The highest BCUT2D eigenvalue weighted by molar-refractivity contribution is 5.73. The second-order valence-corrected chi connectivity index (χ2v) is 4.19. The van der Waals surface area contributed by atoms with Crippen molar-refractivity contribution >= 4 is 5.82 Å². The molecular formula is C14H19N3. The highest BCUT2D eigenvalue weighted by Gasteiger charge is 2.14. The smallest absolute Gasteiger partial charge is 0.131 e. The minimum absolute atomic E-state index is 0.753. The van der Waals surface area contributed by atoms with Gasteiger partial charge in [-0.2, -0.15) is 0 Å². The van der Waals surface area contributed by atoms with Gasteiger partial charge in [-0.1, -0.05) is 38.1 Å². The van der Waals surface area contributed by atoms with Gasteiger partial charge in [0.15, 0.2) is 0 Å². The summed E-state index contributed by atoms with van der Waals surface area (Å²) in [5.74, 6) is 1.78. The molecular weight excluding hydrogens is 210 g/mol. The number of anilines is 1. The number of imidazole rings is 1. The molecule has 3 heteroatoms. The summed E-state index contributed by atoms with van der Waals surface area (Å²) < 4.78 is 1.97. The number of nitrogen functional groups attached to an aromatic ring is 1. The van der Waals surface area contributed by atoms with E-state index in [2.05, 4.69) is 37.0 Å². The third kappa shape index (κ3) is 1.93. The topological polar surface area (TPSA) is 43.8 Å². The monoisotopic (exact) mass is 229 g/mol. The molecule has 2 rings (SSSR count). The highest BCUT2D eigenvalue weighted by atomic mass is 15.1. The first-order chi connectivity index (χ1) is 8.19. The molecule has 0 bridgehead atoms. The largest absolute Gasteiger partial charge is 0.383 e. The van der Waals surface area contributed by atoms with Gasteiger partial charge in [0.1, 0.15) is 17.3 Å². The Balaban J connectivity index is 2.60. The molecule has 0 saturated heterocycles. The number of aromatic nitrogens is 2. The maximum absolute atomic E-state index is 6.14. The van der Waals surface area contributed by atoms with E-state index in [0.29, 0.717) is 0 Å². The second kappa shape index (κ2) is 4.62. The average molecular weight is 229 g/mol. The quantitative estimate of drug-likeness (QED) is 0.879. The first-order valence-corrected chi connectivity index (χ1v) is 6.08. The van der Waals surface area contributed by atoms with Gasteiger partial charge in [0, 0.05) is 19.0 Å². The van der Waals surface area contributed by atoms with Gasteiger partial charge in [-0.25, -0.2) is 4.98 Å². The zero-order chi connectivity index (χ0) is 12.4. The Morgan fingerprint density at radius 2 is 1.88 bits per heavy atom. The predicted octanol–water partition coefficient (Wildman–Crippen LogP) is 2.79. The molecule has 0 amide bonds. The Morgan fingerprint density at radius 3 is 2.47 bits per heavy atom. The maximum atomic E-state index is 6.14. The number of rotatable bonds is 3. The van der Waals surface area contributed by atoms with Gasteiger partial charge in [-0.05, 0) is 12.0 Å². The van der Waals surface area contributed by atoms with Crippen LogP contribution in [0.2, 0.25) is 0 Å². The molecule has 1 aromatic heterocycles. The van der Waals surface area contributed by atoms with Gasteiger partial charge in [0.25, 0.3) is 0 Å². The third-order valence-electron chi connectivity index (χ3n) is 3.20. The summed E-state index contributed by atoms with van der Waals surface area (Å²) in [7, 11) is 1.97. The number of aryl methyl sites for hydroxylation is 2. The van der Waals surface area contributed by atoms with Crippen molar-refractivity contribution in [2.24, 2.45) is 7.05 Å². The molecule has 0 aliphatic heterocycles. The molecule has 0 spiro atoms. The van der Waals surface area contributed by atoms with Crippen molar-refractivity contribution in [3.63, 3.8) is 0 Å². The minimum Gasteiger partial charge on any atom is -0.383 e. The lowest BCUT2D eigenvalue weighted by Crippen LogP contribution is -2.00. The number of hydrogen-bond donors (Lipinski definition) is 1. The lowest BCUT2D eigenvalue weighted by Gasteiger charge is -2.05. The molecule has 1 heterocycles. The van der Waals surface area contributed by atoms with Crippen molar-refractivity contribution in [2.45, 2.75) is 26.7 Å². The molecule has 0 fully saturated rings. The van der Waals surface area contributed by atoms with Crippen LogP contribution >= 0.6 is 0 Å². The molecule has 3 nitrogen and oxygen atoms in total. The molecule has 0 atom stereocenters. The predicted molar refractivity (Wildman–Crippen MR) is 71.8 cm³/mol. The number of nitrogens with zero attached hydrogens (tertiary/aromatic N) is 2. The van der Waals surface area contributed by atoms with E-state index >= 15 is 0 Å². The lowest BCUT2D eigenvalue weighted by molar-refractivity contribution is 0.816. The Morgan fingerprint density at radius 1 is 1.18 bits per heavy atom.